The molecule has 0 bridgehead atoms. The molecule has 0 radical (unpaired) electrons. The average molecular weight is 379 g/mol. The van der Waals surface area contributed by atoms with Crippen LogP contribution in [0.1, 0.15) is 22.7 Å². The topological polar surface area (TPSA) is 12.0 Å². The molecule has 21 heavy (non-hydrogen) atoms. The van der Waals surface area contributed by atoms with Gasteiger partial charge in [0.05, 0.1) is 16.6 Å². The van der Waals surface area contributed by atoms with E-state index >= 15 is 0 Å². The number of alkyl halides is 3. The van der Waals surface area contributed by atoms with Gasteiger partial charge in [0.25, 0.3) is 0 Å². The number of nitrogens with one attached hydrogen (secondary N) is 1. The van der Waals surface area contributed by atoms with Gasteiger partial charge in [0.2, 0.25) is 0 Å². The van der Waals surface area contributed by atoms with Crippen LogP contribution < -0.4 is 5.32 Å². The van der Waals surface area contributed by atoms with Gasteiger partial charge in [0.1, 0.15) is 0 Å². The van der Waals surface area contributed by atoms with Gasteiger partial charge in [0, 0.05) is 4.47 Å². The average Bonchev–Trinajstić information content (AvgIpc) is 2.43. The van der Waals surface area contributed by atoms with Gasteiger partial charge in [-0.15, -0.1) is 0 Å². The lowest BCUT2D eigenvalue weighted by Crippen LogP contribution is -2.18. The van der Waals surface area contributed by atoms with Gasteiger partial charge < -0.3 is 5.32 Å². The van der Waals surface area contributed by atoms with Gasteiger partial charge in [-0.1, -0.05) is 29.8 Å². The number of hydrogen-bond acceptors (Lipinski definition) is 1. The van der Waals surface area contributed by atoms with E-state index in [0.29, 0.717) is 15.1 Å². The molecule has 0 aliphatic heterocycles. The van der Waals surface area contributed by atoms with E-state index in [2.05, 4.69) is 21.2 Å². The zero-order chi connectivity index (χ0) is 15.6. The molecular weight excluding hydrogens is 367 g/mol. The maximum absolute atomic E-state index is 12.8. The molecule has 0 heterocycles. The van der Waals surface area contributed by atoms with E-state index in [1.165, 1.54) is 6.07 Å². The molecule has 2 rings (SSSR count). The van der Waals surface area contributed by atoms with Gasteiger partial charge in [-0.3, -0.25) is 0 Å². The summed E-state index contributed by atoms with van der Waals surface area (Å²) in [5.41, 5.74) is 0.711. The molecule has 0 saturated heterocycles. The molecule has 0 spiro atoms. The van der Waals surface area contributed by atoms with Gasteiger partial charge in [-0.25, -0.2) is 0 Å². The van der Waals surface area contributed by atoms with E-state index in [0.717, 1.165) is 17.7 Å². The van der Waals surface area contributed by atoms with Crippen molar-refractivity contribution in [2.45, 2.75) is 12.2 Å². The second-order valence-electron chi connectivity index (χ2n) is 4.52. The Morgan fingerprint density at radius 3 is 2.33 bits per heavy atom. The van der Waals surface area contributed by atoms with Crippen molar-refractivity contribution in [3.05, 3.63) is 68.7 Å². The van der Waals surface area contributed by atoms with Crippen LogP contribution in [0, 0.1) is 0 Å². The smallest absolute Gasteiger partial charge is 0.309 e. The Balaban J connectivity index is 2.44. The monoisotopic (exact) mass is 377 g/mol. The molecule has 0 fully saturated rings. The maximum Gasteiger partial charge on any atom is 0.416 e. The predicted octanol–water partition coefficient (Wildman–Crippen LogP) is 5.43. The molecular formula is C15H12BrClF3N. The summed E-state index contributed by atoms with van der Waals surface area (Å²) in [7, 11) is 1.70. The van der Waals surface area contributed by atoms with E-state index in [9.17, 15) is 13.2 Å². The molecule has 1 unspecified atom stereocenters. The lowest BCUT2D eigenvalue weighted by atomic mass is 9.97. The van der Waals surface area contributed by atoms with Crippen LogP contribution in [0.15, 0.2) is 46.9 Å². The Kier molecular flexibility index (Phi) is 4.96. The van der Waals surface area contributed by atoms with Crippen LogP contribution in [0.5, 0.6) is 0 Å². The summed E-state index contributed by atoms with van der Waals surface area (Å²) < 4.78 is 39.1. The van der Waals surface area contributed by atoms with Crippen molar-refractivity contribution in [1.82, 2.24) is 5.32 Å². The fourth-order valence-corrected chi connectivity index (χ4v) is 2.63. The minimum Gasteiger partial charge on any atom is -0.309 e. The largest absolute Gasteiger partial charge is 0.416 e. The van der Waals surface area contributed by atoms with E-state index in [4.69, 9.17) is 11.6 Å². The van der Waals surface area contributed by atoms with Crippen molar-refractivity contribution in [3.63, 3.8) is 0 Å². The van der Waals surface area contributed by atoms with Gasteiger partial charge in [0.15, 0.2) is 0 Å². The van der Waals surface area contributed by atoms with Gasteiger partial charge in [-0.2, -0.15) is 13.2 Å². The van der Waals surface area contributed by atoms with Crippen molar-refractivity contribution in [3.8, 4) is 0 Å². The first-order valence-electron chi connectivity index (χ1n) is 6.12. The second-order valence-corrected chi connectivity index (χ2v) is 5.78. The molecule has 0 saturated carbocycles. The minimum atomic E-state index is -4.35. The highest BCUT2D eigenvalue weighted by Crippen LogP contribution is 2.33. The van der Waals surface area contributed by atoms with Crippen molar-refractivity contribution < 1.29 is 13.2 Å². The molecule has 6 heteroatoms. The molecule has 1 atom stereocenters. The summed E-state index contributed by atoms with van der Waals surface area (Å²) in [4.78, 5) is 0. The SMILES string of the molecule is CNC(c1cccc(C(F)(F)F)c1)c1ccc(Cl)c(Br)c1. The molecule has 0 aliphatic carbocycles. The quantitative estimate of drug-likeness (QED) is 0.751. The molecule has 0 aliphatic rings. The number of hydrogen-bond donors (Lipinski definition) is 1. The highest BCUT2D eigenvalue weighted by molar-refractivity contribution is 9.10. The third kappa shape index (κ3) is 3.78. The standard InChI is InChI=1S/C15H12BrClF3N/c1-21-14(10-5-6-13(17)12(16)8-10)9-3-2-4-11(7-9)15(18,19)20/h2-8,14,21H,1H3. The van der Waals surface area contributed by atoms with E-state index in [1.807, 2.05) is 0 Å². The predicted molar refractivity (Wildman–Crippen MR) is 81.5 cm³/mol. The lowest BCUT2D eigenvalue weighted by molar-refractivity contribution is -0.137. The molecule has 2 aromatic carbocycles. The summed E-state index contributed by atoms with van der Waals surface area (Å²) in [5, 5.41) is 3.58. The summed E-state index contributed by atoms with van der Waals surface area (Å²) >= 11 is 9.27. The molecule has 2 aromatic rings. The zero-order valence-corrected chi connectivity index (χ0v) is 13.4. The van der Waals surface area contributed by atoms with Crippen molar-refractivity contribution >= 4 is 27.5 Å². The first kappa shape index (κ1) is 16.3. The van der Waals surface area contributed by atoms with Crippen LogP contribution in [0.4, 0.5) is 13.2 Å². The Labute approximate surface area is 134 Å². The van der Waals surface area contributed by atoms with Crippen LogP contribution in [-0.4, -0.2) is 7.05 Å². The van der Waals surface area contributed by atoms with Gasteiger partial charge in [-0.05, 0) is 58.4 Å². The van der Waals surface area contributed by atoms with Crippen LogP contribution in [0.2, 0.25) is 5.02 Å². The second kappa shape index (κ2) is 6.38. The number of benzene rings is 2. The van der Waals surface area contributed by atoms with Crippen molar-refractivity contribution in [2.24, 2.45) is 0 Å². The normalized spacial score (nSPS) is 13.2. The molecule has 1 N–H and O–H groups in total. The Morgan fingerprint density at radius 2 is 1.76 bits per heavy atom. The van der Waals surface area contributed by atoms with Crippen LogP contribution in [0.25, 0.3) is 0 Å². The third-order valence-corrected chi connectivity index (χ3v) is 4.33. The summed E-state index contributed by atoms with van der Waals surface area (Å²) in [6, 6.07) is 10.2. The van der Waals surface area contributed by atoms with E-state index < -0.39 is 11.7 Å². The van der Waals surface area contributed by atoms with Gasteiger partial charge >= 0.3 is 6.18 Å². The molecule has 1 nitrogen and oxygen atoms in total. The number of rotatable bonds is 3. The lowest BCUT2D eigenvalue weighted by Gasteiger charge is -2.19. The summed E-state index contributed by atoms with van der Waals surface area (Å²) in [6.07, 6.45) is -4.35. The highest BCUT2D eigenvalue weighted by atomic mass is 79.9. The molecule has 112 valence electrons. The Bertz CT molecular complexity index is 643. The highest BCUT2D eigenvalue weighted by Gasteiger charge is 2.31. The first-order chi connectivity index (χ1) is 9.82. The molecule has 0 amide bonds. The van der Waals surface area contributed by atoms with Crippen molar-refractivity contribution in [1.29, 1.82) is 0 Å². The van der Waals surface area contributed by atoms with Crippen LogP contribution in [-0.2, 0) is 6.18 Å². The van der Waals surface area contributed by atoms with E-state index in [1.54, 1.807) is 31.3 Å². The Hall–Kier alpha value is -1.04. The Morgan fingerprint density at radius 1 is 1.10 bits per heavy atom. The van der Waals surface area contributed by atoms with Crippen molar-refractivity contribution in [2.75, 3.05) is 7.05 Å². The summed E-state index contributed by atoms with van der Waals surface area (Å²) in [5.74, 6) is 0. The van der Waals surface area contributed by atoms with Crippen LogP contribution >= 0.6 is 27.5 Å². The fraction of sp³-hybridized carbons (Fsp3) is 0.200. The summed E-state index contributed by atoms with van der Waals surface area (Å²) in [6.45, 7) is 0. The minimum absolute atomic E-state index is 0.346. The third-order valence-electron chi connectivity index (χ3n) is 3.11. The maximum atomic E-state index is 12.8. The zero-order valence-electron chi connectivity index (χ0n) is 11.0. The first-order valence-corrected chi connectivity index (χ1v) is 7.29. The fourth-order valence-electron chi connectivity index (χ4n) is 2.11. The number of halogens is 5. The molecule has 0 aromatic heterocycles. The van der Waals surface area contributed by atoms with Crippen LogP contribution in [0.3, 0.4) is 0 Å². The van der Waals surface area contributed by atoms with E-state index in [-0.39, 0.29) is 6.04 Å².